The molecule has 1 saturated heterocycles. The van der Waals surface area contributed by atoms with Gasteiger partial charge in [0.2, 0.25) is 0 Å². The van der Waals surface area contributed by atoms with Gasteiger partial charge in [0.05, 0.1) is 17.6 Å². The SMILES string of the molecule is COC(=O)C1C(C)=NC(C)=C(C(=O)OCCN2CCN(C)CC2)[C@@H]1c1cccc([N+](=O)[O-])c1. The van der Waals surface area contributed by atoms with Crippen LogP contribution in [0.5, 0.6) is 0 Å². The predicted octanol–water partition coefficient (Wildman–Crippen LogP) is 2.01. The van der Waals surface area contributed by atoms with Crippen LogP contribution in [0.2, 0.25) is 0 Å². The first-order valence-electron chi connectivity index (χ1n) is 10.9. The lowest BCUT2D eigenvalue weighted by Crippen LogP contribution is -2.45. The van der Waals surface area contributed by atoms with Crippen LogP contribution in [0.15, 0.2) is 40.5 Å². The van der Waals surface area contributed by atoms with E-state index in [1.54, 1.807) is 19.9 Å². The van der Waals surface area contributed by atoms with E-state index in [1.807, 2.05) is 0 Å². The highest BCUT2D eigenvalue weighted by Gasteiger charge is 2.42. The Bertz CT molecular complexity index is 981. The lowest BCUT2D eigenvalue weighted by atomic mass is 9.75. The Hall–Kier alpha value is -3.11. The number of esters is 2. The number of nitro benzene ring substituents is 1. The van der Waals surface area contributed by atoms with E-state index in [-0.39, 0.29) is 17.9 Å². The smallest absolute Gasteiger partial charge is 0.336 e. The average molecular weight is 459 g/mol. The van der Waals surface area contributed by atoms with E-state index in [0.717, 1.165) is 26.2 Å². The molecule has 2 aliphatic heterocycles. The van der Waals surface area contributed by atoms with E-state index < -0.39 is 28.7 Å². The van der Waals surface area contributed by atoms with E-state index in [2.05, 4.69) is 21.8 Å². The number of ether oxygens (including phenoxy) is 2. The van der Waals surface area contributed by atoms with Crippen molar-refractivity contribution in [2.24, 2.45) is 10.9 Å². The second-order valence-corrected chi connectivity index (χ2v) is 8.36. The summed E-state index contributed by atoms with van der Waals surface area (Å²) < 4.78 is 10.6. The summed E-state index contributed by atoms with van der Waals surface area (Å²) in [4.78, 5) is 45.6. The number of rotatable bonds is 7. The molecule has 2 aliphatic rings. The van der Waals surface area contributed by atoms with Gasteiger partial charge in [-0.05, 0) is 26.5 Å². The molecule has 0 spiro atoms. The summed E-state index contributed by atoms with van der Waals surface area (Å²) in [7, 11) is 3.34. The monoisotopic (exact) mass is 458 g/mol. The number of piperazine rings is 1. The molecule has 1 unspecified atom stereocenters. The molecule has 0 aromatic heterocycles. The summed E-state index contributed by atoms with van der Waals surface area (Å²) in [5.41, 5.74) is 1.45. The molecule has 2 atom stereocenters. The summed E-state index contributed by atoms with van der Waals surface area (Å²) in [6, 6.07) is 5.95. The van der Waals surface area contributed by atoms with E-state index in [9.17, 15) is 19.7 Å². The van der Waals surface area contributed by atoms with Crippen molar-refractivity contribution in [3.8, 4) is 0 Å². The van der Waals surface area contributed by atoms with Gasteiger partial charge in [0.15, 0.2) is 0 Å². The number of nitrogens with zero attached hydrogens (tertiary/aromatic N) is 4. The largest absolute Gasteiger partial charge is 0.468 e. The molecule has 178 valence electrons. The quantitative estimate of drug-likeness (QED) is 0.346. The first-order chi connectivity index (χ1) is 15.7. The third-order valence-electron chi connectivity index (χ3n) is 6.18. The molecule has 0 N–H and O–H groups in total. The number of carbonyl (C=O) groups is 2. The van der Waals surface area contributed by atoms with Gasteiger partial charge in [-0.15, -0.1) is 0 Å². The zero-order valence-corrected chi connectivity index (χ0v) is 19.4. The Balaban J connectivity index is 1.88. The van der Waals surface area contributed by atoms with E-state index in [1.165, 1.54) is 25.3 Å². The van der Waals surface area contributed by atoms with Crippen LogP contribution >= 0.6 is 0 Å². The Morgan fingerprint density at radius 2 is 1.91 bits per heavy atom. The normalized spacial score (nSPS) is 22.0. The van der Waals surface area contributed by atoms with Gasteiger partial charge < -0.3 is 14.4 Å². The number of nitro groups is 1. The molecule has 0 saturated carbocycles. The Morgan fingerprint density at radius 1 is 1.21 bits per heavy atom. The molecule has 0 amide bonds. The third-order valence-corrected chi connectivity index (χ3v) is 6.18. The highest BCUT2D eigenvalue weighted by molar-refractivity contribution is 6.07. The van der Waals surface area contributed by atoms with Gasteiger partial charge in [-0.1, -0.05) is 12.1 Å². The molecule has 1 aromatic carbocycles. The van der Waals surface area contributed by atoms with Crippen molar-refractivity contribution in [3.05, 3.63) is 51.2 Å². The van der Waals surface area contributed by atoms with E-state index >= 15 is 0 Å². The molecule has 10 heteroatoms. The van der Waals surface area contributed by atoms with Gasteiger partial charge in [-0.2, -0.15) is 0 Å². The van der Waals surface area contributed by atoms with Crippen molar-refractivity contribution in [1.29, 1.82) is 0 Å². The number of non-ortho nitro benzene ring substituents is 1. The van der Waals surface area contributed by atoms with Crippen molar-refractivity contribution in [3.63, 3.8) is 0 Å². The Kier molecular flexibility index (Phi) is 7.93. The summed E-state index contributed by atoms with van der Waals surface area (Å²) in [6.45, 7) is 7.90. The van der Waals surface area contributed by atoms with Gasteiger partial charge in [0, 0.05) is 62.2 Å². The van der Waals surface area contributed by atoms with Crippen LogP contribution in [0.4, 0.5) is 5.69 Å². The number of carbonyl (C=O) groups excluding carboxylic acids is 2. The third kappa shape index (κ3) is 5.63. The van der Waals surface area contributed by atoms with Crippen LogP contribution in [0.3, 0.4) is 0 Å². The maximum Gasteiger partial charge on any atom is 0.336 e. The number of hydrogen-bond acceptors (Lipinski definition) is 9. The Labute approximate surface area is 193 Å². The lowest BCUT2D eigenvalue weighted by molar-refractivity contribution is -0.384. The van der Waals surface area contributed by atoms with Gasteiger partial charge in [0.25, 0.3) is 5.69 Å². The fraction of sp³-hybridized carbons (Fsp3) is 0.522. The number of benzene rings is 1. The van der Waals surface area contributed by atoms with Crippen LogP contribution in [0.1, 0.15) is 25.3 Å². The van der Waals surface area contributed by atoms with Crippen LogP contribution in [0.25, 0.3) is 0 Å². The molecule has 0 aliphatic carbocycles. The fourth-order valence-corrected chi connectivity index (χ4v) is 4.34. The molecular formula is C23H30N4O6. The Morgan fingerprint density at radius 3 is 2.55 bits per heavy atom. The predicted molar refractivity (Wildman–Crippen MR) is 122 cm³/mol. The van der Waals surface area contributed by atoms with E-state index in [0.29, 0.717) is 23.5 Å². The van der Waals surface area contributed by atoms with Gasteiger partial charge >= 0.3 is 11.9 Å². The molecule has 33 heavy (non-hydrogen) atoms. The highest BCUT2D eigenvalue weighted by atomic mass is 16.6. The molecule has 1 aromatic rings. The molecule has 1 fully saturated rings. The molecule has 3 rings (SSSR count). The molecular weight excluding hydrogens is 428 g/mol. The van der Waals surface area contributed by atoms with Crippen molar-refractivity contribution < 1.29 is 24.0 Å². The fourth-order valence-electron chi connectivity index (χ4n) is 4.34. The first kappa shape index (κ1) is 24.5. The minimum Gasteiger partial charge on any atom is -0.468 e. The lowest BCUT2D eigenvalue weighted by Gasteiger charge is -2.33. The molecule has 2 heterocycles. The molecule has 10 nitrogen and oxygen atoms in total. The van der Waals surface area contributed by atoms with E-state index in [4.69, 9.17) is 9.47 Å². The zero-order valence-electron chi connectivity index (χ0n) is 19.4. The maximum atomic E-state index is 13.2. The first-order valence-corrected chi connectivity index (χ1v) is 10.9. The van der Waals surface area contributed by atoms with Crippen molar-refractivity contribution in [2.45, 2.75) is 19.8 Å². The van der Waals surface area contributed by atoms with Gasteiger partial charge in [-0.3, -0.25) is 24.8 Å². The number of methoxy groups -OCH3 is 1. The molecule has 0 radical (unpaired) electrons. The standard InChI is InChI=1S/C23H30N4O6/c1-15-19(22(28)32-4)21(17-6-5-7-18(14-17)27(30)31)20(16(2)24-15)23(29)33-13-12-26-10-8-25(3)9-11-26/h5-7,14,19,21H,8-13H2,1-4H3/t19?,21-/m1/s1. The zero-order chi connectivity index (χ0) is 24.1. The average Bonchev–Trinajstić information content (AvgIpc) is 2.79. The van der Waals surface area contributed by atoms with Gasteiger partial charge in [-0.25, -0.2) is 4.79 Å². The van der Waals surface area contributed by atoms with Crippen molar-refractivity contribution in [1.82, 2.24) is 9.80 Å². The number of allylic oxidation sites excluding steroid dienone is 1. The summed E-state index contributed by atoms with van der Waals surface area (Å²) in [5, 5.41) is 11.3. The van der Waals surface area contributed by atoms with Crippen molar-refractivity contribution in [2.75, 3.05) is 53.5 Å². The minimum atomic E-state index is -0.888. The topological polar surface area (TPSA) is 115 Å². The number of aliphatic imine (C=N–C) groups is 1. The molecule has 0 bridgehead atoms. The van der Waals surface area contributed by atoms with Crippen LogP contribution in [-0.4, -0.2) is 85.9 Å². The van der Waals surface area contributed by atoms with Crippen molar-refractivity contribution >= 4 is 23.3 Å². The van der Waals surface area contributed by atoms with Crippen LogP contribution in [0, 0.1) is 16.0 Å². The number of likely N-dealkylation sites (N-methyl/N-ethyl adjacent to an activating group) is 1. The highest BCUT2D eigenvalue weighted by Crippen LogP contribution is 2.40. The van der Waals surface area contributed by atoms with Crippen LogP contribution < -0.4 is 0 Å². The summed E-state index contributed by atoms with van der Waals surface area (Å²) >= 11 is 0. The number of hydrogen-bond donors (Lipinski definition) is 0. The minimum absolute atomic E-state index is 0.128. The summed E-state index contributed by atoms with van der Waals surface area (Å²) in [6.07, 6.45) is 0. The van der Waals surface area contributed by atoms with Gasteiger partial charge in [0.1, 0.15) is 12.5 Å². The maximum absolute atomic E-state index is 13.2. The second-order valence-electron chi connectivity index (χ2n) is 8.36. The summed E-state index contributed by atoms with van der Waals surface area (Å²) in [5.74, 6) is -2.84. The second kappa shape index (κ2) is 10.7. The van der Waals surface area contributed by atoms with Crippen LogP contribution in [-0.2, 0) is 19.1 Å².